The molecule has 2 aromatic carbocycles. The van der Waals surface area contributed by atoms with Crippen LogP contribution < -0.4 is 5.56 Å². The number of aromatic amines is 1. The number of hydrogen-bond donors (Lipinski definition) is 1. The molecule has 3 aromatic heterocycles. The third kappa shape index (κ3) is 4.78. The highest BCUT2D eigenvalue weighted by atomic mass is 19.2. The van der Waals surface area contributed by atoms with Crippen LogP contribution >= 0.6 is 0 Å². The number of fused-ring (bicyclic) bond motifs is 4. The second-order valence-corrected chi connectivity index (χ2v) is 12.7. The molecule has 46 heavy (non-hydrogen) atoms. The van der Waals surface area contributed by atoms with Crippen LogP contribution in [0.5, 0.6) is 0 Å². The van der Waals surface area contributed by atoms with Crippen molar-refractivity contribution >= 4 is 16.8 Å². The number of nitrogens with zero attached hydrogens (tertiary/aromatic N) is 3. The number of hydrogen-bond acceptors (Lipinski definition) is 5. The highest BCUT2D eigenvalue weighted by molar-refractivity contribution is 6.09. The van der Waals surface area contributed by atoms with Crippen LogP contribution in [-0.2, 0) is 11.2 Å². The molecule has 2 saturated heterocycles. The summed E-state index contributed by atoms with van der Waals surface area (Å²) < 4.78 is 41.1. The Kier molecular flexibility index (Phi) is 7.12. The minimum Gasteiger partial charge on any atom is -0.381 e. The standard InChI is InChI=1S/C36H34F2N4O4/c1-20(22-5-7-25(37)26(38)18-22)41-14-10-23-17-24(6-9-28(23)41)32-33(30-19-31(43)40-46-30)27(8-4-21-11-15-45-16-12-21)39-35-29-3-2-13-42(29)36(44)34(32)35/h5-7,9-10,14,17-21,29H,2-4,8,11-13,15-16H2,1H3,(H,40,43). The van der Waals surface area contributed by atoms with Crippen LogP contribution in [0.2, 0.25) is 0 Å². The van der Waals surface area contributed by atoms with Gasteiger partial charge in [-0.3, -0.25) is 14.6 Å². The molecule has 10 heteroatoms. The second kappa shape index (κ2) is 11.3. The predicted octanol–water partition coefficient (Wildman–Crippen LogP) is 7.19. The lowest BCUT2D eigenvalue weighted by Gasteiger charge is -2.23. The normalized spacial score (nSPS) is 18.8. The molecule has 5 aromatic rings. The highest BCUT2D eigenvalue weighted by Gasteiger charge is 2.44. The topological polar surface area (TPSA) is 93.4 Å². The summed E-state index contributed by atoms with van der Waals surface area (Å²) in [6, 6.07) is 13.1. The number of rotatable bonds is 7. The molecular formula is C36H34F2N4O4. The highest BCUT2D eigenvalue weighted by Crippen LogP contribution is 2.48. The van der Waals surface area contributed by atoms with Gasteiger partial charge in [0.1, 0.15) is 0 Å². The molecule has 2 unspecified atom stereocenters. The van der Waals surface area contributed by atoms with Crippen LogP contribution in [0.1, 0.15) is 78.4 Å². The average Bonchev–Trinajstić information content (AvgIpc) is 3.87. The zero-order chi connectivity index (χ0) is 31.5. The number of halogens is 2. The third-order valence-corrected chi connectivity index (χ3v) is 10.1. The molecule has 3 aliphatic heterocycles. The number of ether oxygens (including phenoxy) is 1. The van der Waals surface area contributed by atoms with Gasteiger partial charge < -0.3 is 18.7 Å². The van der Waals surface area contributed by atoms with Gasteiger partial charge in [0.25, 0.3) is 11.5 Å². The predicted molar refractivity (Wildman–Crippen MR) is 169 cm³/mol. The lowest BCUT2D eigenvalue weighted by molar-refractivity contribution is 0.0639. The number of benzene rings is 2. The molecule has 0 spiro atoms. The quantitative estimate of drug-likeness (QED) is 0.207. The Balaban J connectivity index is 1.29. The fourth-order valence-corrected chi connectivity index (χ4v) is 7.66. The van der Waals surface area contributed by atoms with Crippen LogP contribution in [-0.4, -0.2) is 45.3 Å². The van der Waals surface area contributed by atoms with Gasteiger partial charge in [-0.15, -0.1) is 0 Å². The molecule has 8 rings (SSSR count). The van der Waals surface area contributed by atoms with E-state index in [1.807, 2.05) is 46.9 Å². The second-order valence-electron chi connectivity index (χ2n) is 12.7. The van der Waals surface area contributed by atoms with E-state index in [4.69, 9.17) is 14.2 Å². The largest absolute Gasteiger partial charge is 0.381 e. The van der Waals surface area contributed by atoms with Crippen LogP contribution in [0.4, 0.5) is 8.78 Å². The van der Waals surface area contributed by atoms with Gasteiger partial charge in [-0.05, 0) is 92.8 Å². The number of pyridine rings is 1. The summed E-state index contributed by atoms with van der Waals surface area (Å²) in [5.41, 5.74) is 5.65. The molecule has 8 nitrogen and oxygen atoms in total. The van der Waals surface area contributed by atoms with Gasteiger partial charge in [0.2, 0.25) is 0 Å². The van der Waals surface area contributed by atoms with Crippen LogP contribution in [0.3, 0.4) is 0 Å². The number of carbonyl (C=O) groups excluding carboxylic acids is 1. The van der Waals surface area contributed by atoms with E-state index in [0.29, 0.717) is 41.3 Å². The third-order valence-electron chi connectivity index (χ3n) is 10.1. The van der Waals surface area contributed by atoms with Gasteiger partial charge in [-0.1, -0.05) is 12.1 Å². The molecule has 0 radical (unpaired) electrons. The maximum atomic E-state index is 14.1. The SMILES string of the molecule is CC(c1ccc(F)c(F)c1)n1ccc2cc(-c3c4c(nc(CCC5CCOCC5)c3-c3cc(=O)[nH]o3)C3CCCN3C4=O)ccc21. The molecule has 1 amide bonds. The van der Waals surface area contributed by atoms with Crippen molar-refractivity contribution in [3.63, 3.8) is 0 Å². The molecule has 0 bridgehead atoms. The van der Waals surface area contributed by atoms with E-state index in [0.717, 1.165) is 84.8 Å². The van der Waals surface area contributed by atoms with Crippen molar-refractivity contribution in [2.75, 3.05) is 19.8 Å². The first kappa shape index (κ1) is 28.9. The van der Waals surface area contributed by atoms with Crippen molar-refractivity contribution in [2.24, 2.45) is 5.92 Å². The fraction of sp³-hybridized carbons (Fsp3) is 0.361. The summed E-state index contributed by atoms with van der Waals surface area (Å²) in [6.07, 6.45) is 7.34. The molecule has 0 saturated carbocycles. The van der Waals surface area contributed by atoms with E-state index >= 15 is 0 Å². The molecule has 1 N–H and O–H groups in total. The van der Waals surface area contributed by atoms with Gasteiger partial charge in [-0.2, -0.15) is 5.16 Å². The number of H-pyrrole nitrogens is 1. The summed E-state index contributed by atoms with van der Waals surface area (Å²) in [4.78, 5) is 33.6. The minimum absolute atomic E-state index is 0.0419. The van der Waals surface area contributed by atoms with Gasteiger partial charge >= 0.3 is 0 Å². The van der Waals surface area contributed by atoms with Crippen molar-refractivity contribution in [1.29, 1.82) is 0 Å². The molecule has 3 aliphatic rings. The Morgan fingerprint density at radius 2 is 1.83 bits per heavy atom. The van der Waals surface area contributed by atoms with Gasteiger partial charge in [0.05, 0.1) is 40.7 Å². The van der Waals surface area contributed by atoms with Crippen molar-refractivity contribution in [1.82, 2.24) is 19.6 Å². The first-order valence-electron chi connectivity index (χ1n) is 16.1. The lowest BCUT2D eigenvalue weighted by atomic mass is 9.87. The van der Waals surface area contributed by atoms with E-state index in [-0.39, 0.29) is 23.6 Å². The summed E-state index contributed by atoms with van der Waals surface area (Å²) in [6.45, 7) is 4.15. The van der Waals surface area contributed by atoms with Gasteiger partial charge in [0, 0.05) is 42.4 Å². The van der Waals surface area contributed by atoms with E-state index in [2.05, 4.69) is 5.16 Å². The maximum absolute atomic E-state index is 14.1. The first-order valence-corrected chi connectivity index (χ1v) is 16.1. The number of carbonyl (C=O) groups is 1. The molecular weight excluding hydrogens is 590 g/mol. The average molecular weight is 625 g/mol. The fourth-order valence-electron chi connectivity index (χ4n) is 7.66. The van der Waals surface area contributed by atoms with Crippen molar-refractivity contribution in [2.45, 2.75) is 57.5 Å². The smallest absolute Gasteiger partial charge is 0.280 e. The van der Waals surface area contributed by atoms with Crippen LogP contribution in [0.15, 0.2) is 64.0 Å². The van der Waals surface area contributed by atoms with Gasteiger partial charge in [0.15, 0.2) is 17.4 Å². The number of aryl methyl sites for hydroxylation is 1. The van der Waals surface area contributed by atoms with E-state index < -0.39 is 11.6 Å². The monoisotopic (exact) mass is 624 g/mol. The van der Waals surface area contributed by atoms with E-state index in [1.165, 1.54) is 12.1 Å². The van der Waals surface area contributed by atoms with Crippen molar-refractivity contribution in [3.8, 4) is 22.5 Å². The Bertz CT molecular complexity index is 2040. The summed E-state index contributed by atoms with van der Waals surface area (Å²) >= 11 is 0. The van der Waals surface area contributed by atoms with Crippen LogP contribution in [0, 0.1) is 17.6 Å². The van der Waals surface area contributed by atoms with Crippen molar-refractivity contribution in [3.05, 3.63) is 99.2 Å². The van der Waals surface area contributed by atoms with Crippen LogP contribution in [0.25, 0.3) is 33.4 Å². The number of nitrogens with one attached hydrogen (secondary N) is 1. The van der Waals surface area contributed by atoms with Crippen molar-refractivity contribution < 1.29 is 22.8 Å². The Morgan fingerprint density at radius 1 is 0.978 bits per heavy atom. The molecule has 2 atom stereocenters. The summed E-state index contributed by atoms with van der Waals surface area (Å²) in [5, 5.41) is 3.37. The molecule has 2 fully saturated rings. The molecule has 236 valence electrons. The first-order chi connectivity index (χ1) is 22.4. The summed E-state index contributed by atoms with van der Waals surface area (Å²) in [5.74, 6) is -0.924. The van der Waals surface area contributed by atoms with E-state index in [1.54, 1.807) is 6.07 Å². The molecule has 0 aliphatic carbocycles. The number of aromatic nitrogens is 3. The lowest BCUT2D eigenvalue weighted by Crippen LogP contribution is -2.22. The number of amides is 1. The maximum Gasteiger partial charge on any atom is 0.280 e. The Morgan fingerprint density at radius 3 is 2.61 bits per heavy atom. The molecule has 6 heterocycles. The Labute approximate surface area is 264 Å². The summed E-state index contributed by atoms with van der Waals surface area (Å²) in [7, 11) is 0. The van der Waals surface area contributed by atoms with Gasteiger partial charge in [-0.25, -0.2) is 8.78 Å². The Hall–Kier alpha value is -4.57. The zero-order valence-corrected chi connectivity index (χ0v) is 25.5. The van der Waals surface area contributed by atoms with E-state index in [9.17, 15) is 18.4 Å². The minimum atomic E-state index is -0.878. The zero-order valence-electron chi connectivity index (χ0n) is 25.5.